The fourth-order valence-electron chi connectivity index (χ4n) is 2.63. The van der Waals surface area contributed by atoms with E-state index in [1.165, 1.54) is 4.68 Å². The molecule has 0 atom stereocenters. The van der Waals surface area contributed by atoms with Gasteiger partial charge in [-0.25, -0.2) is 0 Å². The van der Waals surface area contributed by atoms with Gasteiger partial charge < -0.3 is 9.47 Å². The minimum Gasteiger partial charge on any atom is -0.460 e. The SMILES string of the molecule is CC(C)(C)OC(=O)CCc1cc(C(F)(F)F)nn1C1CCOCC1. The van der Waals surface area contributed by atoms with Gasteiger partial charge in [-0.2, -0.15) is 18.3 Å². The maximum absolute atomic E-state index is 13.0. The van der Waals surface area contributed by atoms with Crippen LogP contribution in [0.5, 0.6) is 0 Å². The molecule has 0 unspecified atom stereocenters. The monoisotopic (exact) mass is 348 g/mol. The first-order valence-corrected chi connectivity index (χ1v) is 8.01. The molecular formula is C16H23F3N2O3. The maximum atomic E-state index is 13.0. The number of alkyl halides is 3. The first kappa shape index (κ1) is 18.8. The molecule has 1 fully saturated rings. The van der Waals surface area contributed by atoms with E-state index >= 15 is 0 Å². The molecule has 0 amide bonds. The van der Waals surface area contributed by atoms with Crippen molar-refractivity contribution in [3.8, 4) is 0 Å². The van der Waals surface area contributed by atoms with Crippen LogP contribution in [-0.2, 0) is 26.9 Å². The molecule has 1 aliphatic rings. The van der Waals surface area contributed by atoms with Crippen molar-refractivity contribution in [2.24, 2.45) is 0 Å². The highest BCUT2D eigenvalue weighted by Crippen LogP contribution is 2.31. The summed E-state index contributed by atoms with van der Waals surface area (Å²) in [7, 11) is 0. The van der Waals surface area contributed by atoms with Gasteiger partial charge in [0.2, 0.25) is 0 Å². The molecule has 0 saturated carbocycles. The highest BCUT2D eigenvalue weighted by atomic mass is 19.4. The average molecular weight is 348 g/mol. The third-order valence-electron chi connectivity index (χ3n) is 3.65. The molecule has 0 aliphatic carbocycles. The second-order valence-corrected chi connectivity index (χ2v) is 6.89. The lowest BCUT2D eigenvalue weighted by molar-refractivity contribution is -0.154. The lowest BCUT2D eigenvalue weighted by Gasteiger charge is -2.24. The van der Waals surface area contributed by atoms with E-state index in [4.69, 9.17) is 9.47 Å². The van der Waals surface area contributed by atoms with Crippen LogP contribution < -0.4 is 0 Å². The predicted molar refractivity (Wildman–Crippen MR) is 80.5 cm³/mol. The molecule has 1 aromatic heterocycles. The van der Waals surface area contributed by atoms with Crippen molar-refractivity contribution in [2.45, 2.75) is 64.3 Å². The normalized spacial score (nSPS) is 17.1. The Bertz CT molecular complexity index is 570. The molecule has 2 rings (SSSR count). The Kier molecular flexibility index (Phi) is 5.57. The standard InChI is InChI=1S/C16H23F3N2O3/c1-15(2,3)24-14(22)5-4-12-10-13(16(17,18)19)20-21(12)11-6-8-23-9-7-11/h10-11H,4-9H2,1-3H3. The molecule has 0 spiro atoms. The van der Waals surface area contributed by atoms with E-state index in [-0.39, 0.29) is 18.9 Å². The second kappa shape index (κ2) is 7.13. The Morgan fingerprint density at radius 3 is 2.50 bits per heavy atom. The first-order chi connectivity index (χ1) is 11.1. The van der Waals surface area contributed by atoms with E-state index in [0.29, 0.717) is 31.7 Å². The van der Waals surface area contributed by atoms with Crippen molar-refractivity contribution >= 4 is 5.97 Å². The summed E-state index contributed by atoms with van der Waals surface area (Å²) in [6.07, 6.45) is -3.10. The Hall–Kier alpha value is -1.57. The van der Waals surface area contributed by atoms with Gasteiger partial charge in [0, 0.05) is 18.9 Å². The van der Waals surface area contributed by atoms with Gasteiger partial charge in [0.25, 0.3) is 0 Å². The molecule has 0 N–H and O–H groups in total. The van der Waals surface area contributed by atoms with E-state index in [2.05, 4.69) is 5.10 Å². The van der Waals surface area contributed by atoms with Crippen LogP contribution in [0, 0.1) is 0 Å². The molecule has 0 aromatic carbocycles. The number of carbonyl (C=O) groups excluding carboxylic acids is 1. The number of esters is 1. The fourth-order valence-corrected chi connectivity index (χ4v) is 2.63. The molecule has 5 nitrogen and oxygen atoms in total. The van der Waals surface area contributed by atoms with Crippen LogP contribution in [0.1, 0.15) is 57.5 Å². The Morgan fingerprint density at radius 1 is 1.33 bits per heavy atom. The smallest absolute Gasteiger partial charge is 0.435 e. The van der Waals surface area contributed by atoms with Crippen LogP contribution in [0.15, 0.2) is 6.07 Å². The van der Waals surface area contributed by atoms with Crippen LogP contribution in [0.4, 0.5) is 13.2 Å². The minimum atomic E-state index is -4.50. The molecule has 1 saturated heterocycles. The highest BCUT2D eigenvalue weighted by Gasteiger charge is 2.36. The van der Waals surface area contributed by atoms with Gasteiger partial charge in [-0.15, -0.1) is 0 Å². The van der Waals surface area contributed by atoms with Gasteiger partial charge >= 0.3 is 12.1 Å². The van der Waals surface area contributed by atoms with Crippen molar-refractivity contribution in [3.05, 3.63) is 17.5 Å². The molecule has 8 heteroatoms. The number of aryl methyl sites for hydroxylation is 1. The first-order valence-electron chi connectivity index (χ1n) is 8.01. The number of rotatable bonds is 4. The number of halogens is 3. The second-order valence-electron chi connectivity index (χ2n) is 6.89. The van der Waals surface area contributed by atoms with Gasteiger partial charge in [0.1, 0.15) is 5.60 Å². The van der Waals surface area contributed by atoms with E-state index in [1.54, 1.807) is 20.8 Å². The third-order valence-corrected chi connectivity index (χ3v) is 3.65. The number of hydrogen-bond acceptors (Lipinski definition) is 4. The summed E-state index contributed by atoms with van der Waals surface area (Å²) in [5, 5.41) is 3.74. The molecule has 24 heavy (non-hydrogen) atoms. The van der Waals surface area contributed by atoms with Crippen LogP contribution in [0.25, 0.3) is 0 Å². The zero-order chi connectivity index (χ0) is 18.0. The number of nitrogens with zero attached hydrogens (tertiary/aromatic N) is 2. The summed E-state index contributed by atoms with van der Waals surface area (Å²) in [6, 6.07) is 0.892. The fraction of sp³-hybridized carbons (Fsp3) is 0.750. The van der Waals surface area contributed by atoms with E-state index < -0.39 is 23.4 Å². The minimum absolute atomic E-state index is 0.0173. The summed E-state index contributed by atoms with van der Waals surface area (Å²) >= 11 is 0. The van der Waals surface area contributed by atoms with Crippen molar-refractivity contribution in [1.82, 2.24) is 9.78 Å². The summed E-state index contributed by atoms with van der Waals surface area (Å²) in [4.78, 5) is 11.8. The Balaban J connectivity index is 2.14. The lowest BCUT2D eigenvalue weighted by atomic mass is 10.1. The molecule has 136 valence electrons. The summed E-state index contributed by atoms with van der Waals surface area (Å²) in [5.41, 5.74) is -1.14. The van der Waals surface area contributed by atoms with Gasteiger partial charge in [-0.3, -0.25) is 9.48 Å². The van der Waals surface area contributed by atoms with E-state index in [9.17, 15) is 18.0 Å². The van der Waals surface area contributed by atoms with Crippen molar-refractivity contribution < 1.29 is 27.4 Å². The zero-order valence-electron chi connectivity index (χ0n) is 14.2. The Labute approximate surface area is 139 Å². The average Bonchev–Trinajstić information content (AvgIpc) is 2.88. The molecule has 1 aromatic rings. The number of ether oxygens (including phenoxy) is 2. The van der Waals surface area contributed by atoms with Crippen LogP contribution in [0.2, 0.25) is 0 Å². The van der Waals surface area contributed by atoms with Gasteiger partial charge in [-0.05, 0) is 46.1 Å². The zero-order valence-corrected chi connectivity index (χ0v) is 14.2. The van der Waals surface area contributed by atoms with Crippen molar-refractivity contribution in [2.75, 3.05) is 13.2 Å². The molecule has 0 bridgehead atoms. The number of carbonyl (C=O) groups is 1. The summed E-state index contributed by atoms with van der Waals surface area (Å²) in [5.74, 6) is -0.434. The quantitative estimate of drug-likeness (QED) is 0.781. The number of aromatic nitrogens is 2. The lowest BCUT2D eigenvalue weighted by Crippen LogP contribution is -2.25. The topological polar surface area (TPSA) is 53.3 Å². The van der Waals surface area contributed by atoms with Gasteiger partial charge in [-0.1, -0.05) is 0 Å². The molecular weight excluding hydrogens is 325 g/mol. The largest absolute Gasteiger partial charge is 0.460 e. The third kappa shape index (κ3) is 5.22. The van der Waals surface area contributed by atoms with Crippen molar-refractivity contribution in [1.29, 1.82) is 0 Å². The molecule has 2 heterocycles. The van der Waals surface area contributed by atoms with Gasteiger partial charge in [0.15, 0.2) is 5.69 Å². The molecule has 1 aliphatic heterocycles. The van der Waals surface area contributed by atoms with Gasteiger partial charge in [0.05, 0.1) is 12.5 Å². The van der Waals surface area contributed by atoms with Crippen LogP contribution in [0.3, 0.4) is 0 Å². The number of hydrogen-bond donors (Lipinski definition) is 0. The van der Waals surface area contributed by atoms with Crippen LogP contribution >= 0.6 is 0 Å². The van der Waals surface area contributed by atoms with Crippen LogP contribution in [-0.4, -0.2) is 34.6 Å². The Morgan fingerprint density at radius 2 is 1.96 bits per heavy atom. The predicted octanol–water partition coefficient (Wildman–Crippen LogP) is 3.53. The van der Waals surface area contributed by atoms with E-state index in [0.717, 1.165) is 6.07 Å². The summed E-state index contributed by atoms with van der Waals surface area (Å²) < 4.78 is 50.8. The van der Waals surface area contributed by atoms with Crippen molar-refractivity contribution in [3.63, 3.8) is 0 Å². The highest BCUT2D eigenvalue weighted by molar-refractivity contribution is 5.70. The summed E-state index contributed by atoms with van der Waals surface area (Å²) in [6.45, 7) is 6.24. The maximum Gasteiger partial charge on any atom is 0.435 e. The molecule has 0 radical (unpaired) electrons. The van der Waals surface area contributed by atoms with E-state index in [1.807, 2.05) is 0 Å².